The van der Waals surface area contributed by atoms with Crippen molar-refractivity contribution in [1.82, 2.24) is 0 Å². The molecule has 7 aromatic rings. The molecular formula is C51H28BF24NO. The Kier molecular flexibility index (Phi) is 16.1. The lowest BCUT2D eigenvalue weighted by atomic mass is 9.12. The molecule has 0 radical (unpaired) electrons. The van der Waals surface area contributed by atoms with Gasteiger partial charge < -0.3 is 0 Å². The molecule has 1 aromatic heterocycles. The van der Waals surface area contributed by atoms with Gasteiger partial charge in [-0.15, -0.1) is 0 Å². The van der Waals surface area contributed by atoms with Gasteiger partial charge in [0.25, 0.3) is 11.5 Å². The van der Waals surface area contributed by atoms with Crippen molar-refractivity contribution in [1.29, 1.82) is 0 Å². The van der Waals surface area contributed by atoms with Crippen LogP contribution in [0.3, 0.4) is 0 Å². The van der Waals surface area contributed by atoms with Crippen LogP contribution in [-0.2, 0) is 56.0 Å². The van der Waals surface area contributed by atoms with Crippen molar-refractivity contribution in [3.05, 3.63) is 219 Å². The average molecular weight is 1140 g/mol. The molecule has 6 aromatic carbocycles. The molecule has 0 spiro atoms. The van der Waals surface area contributed by atoms with E-state index in [4.69, 9.17) is 0 Å². The quantitative estimate of drug-likeness (QED) is 0.0643. The normalized spacial score (nSPS) is 13.2. The van der Waals surface area contributed by atoms with E-state index in [1.54, 1.807) is 0 Å². The van der Waals surface area contributed by atoms with Crippen molar-refractivity contribution in [2.24, 2.45) is 0 Å². The smallest absolute Gasteiger partial charge is 0.282 e. The maximum atomic E-state index is 14.2. The molecule has 414 valence electrons. The number of carbonyl (C=O) groups excluding carboxylic acids is 1. The van der Waals surface area contributed by atoms with Crippen LogP contribution >= 0.6 is 0 Å². The number of rotatable bonds is 8. The summed E-state index contributed by atoms with van der Waals surface area (Å²) in [6.07, 6.45) is -52.9. The van der Waals surface area contributed by atoms with Gasteiger partial charge >= 0.3 is 49.4 Å². The zero-order valence-electron chi connectivity index (χ0n) is 38.2. The second-order valence-electron chi connectivity index (χ2n) is 17.1. The number of nitrogens with zero attached hydrogens (tertiary/aromatic N) is 1. The highest BCUT2D eigenvalue weighted by Crippen LogP contribution is 2.41. The number of carbonyl (C=O) groups is 1. The maximum Gasteiger partial charge on any atom is 0.416 e. The Hall–Kier alpha value is -7.48. The molecule has 0 amide bonds. The van der Waals surface area contributed by atoms with Gasteiger partial charge in [-0.1, -0.05) is 109 Å². The predicted octanol–water partition coefficient (Wildman–Crippen LogP) is 14.5. The Bertz CT molecular complexity index is 2840. The molecule has 0 unspecified atom stereocenters. The Morgan fingerprint density at radius 2 is 0.564 bits per heavy atom. The number of ketones is 1. The molecule has 7 rings (SSSR count). The van der Waals surface area contributed by atoms with Crippen molar-refractivity contribution in [3.63, 3.8) is 0 Å². The minimum atomic E-state index is -6.13. The molecule has 78 heavy (non-hydrogen) atoms. The molecule has 0 saturated carbocycles. The molecule has 0 N–H and O–H groups in total. The molecule has 0 aliphatic rings. The lowest BCUT2D eigenvalue weighted by Crippen LogP contribution is -2.75. The first kappa shape index (κ1) is 59.8. The summed E-state index contributed by atoms with van der Waals surface area (Å²) >= 11 is 0. The van der Waals surface area contributed by atoms with Crippen molar-refractivity contribution in [3.8, 4) is 0 Å². The summed E-state index contributed by atoms with van der Waals surface area (Å²) in [5, 5.41) is 0. The molecule has 0 atom stereocenters. The second-order valence-corrected chi connectivity index (χ2v) is 17.1. The Balaban J connectivity index is 0.000000387. The summed E-state index contributed by atoms with van der Waals surface area (Å²) in [7, 11) is 0. The molecular weight excluding hydrogens is 1110 g/mol. The third-order valence-electron chi connectivity index (χ3n) is 11.8. The molecule has 0 fully saturated rings. The number of pyridine rings is 1. The summed E-state index contributed by atoms with van der Waals surface area (Å²) < 4.78 is 343. The van der Waals surface area contributed by atoms with Gasteiger partial charge in [0.2, 0.25) is 0 Å². The lowest BCUT2D eigenvalue weighted by molar-refractivity contribution is -0.690. The van der Waals surface area contributed by atoms with Crippen LogP contribution in [0.15, 0.2) is 158 Å². The first-order valence-electron chi connectivity index (χ1n) is 21.6. The zero-order valence-corrected chi connectivity index (χ0v) is 38.2. The summed E-state index contributed by atoms with van der Waals surface area (Å²) in [5.74, 6) is 0.0483. The van der Waals surface area contributed by atoms with Gasteiger partial charge in [-0.05, 0) is 30.3 Å². The van der Waals surface area contributed by atoms with Gasteiger partial charge in [0.15, 0.2) is 12.7 Å². The zero-order chi connectivity index (χ0) is 58.4. The highest BCUT2D eigenvalue weighted by Gasteiger charge is 2.47. The van der Waals surface area contributed by atoms with E-state index in [9.17, 15) is 110 Å². The number of benzene rings is 6. The molecule has 0 aliphatic carbocycles. The first-order chi connectivity index (χ1) is 35.6. The largest absolute Gasteiger partial charge is 0.416 e. The minimum absolute atomic E-state index is 0.0483. The molecule has 0 bridgehead atoms. The minimum Gasteiger partial charge on any atom is -0.282 e. The van der Waals surface area contributed by atoms with E-state index >= 15 is 0 Å². The average Bonchev–Trinajstić information content (AvgIpc) is 3.39. The topological polar surface area (TPSA) is 20.9 Å². The molecule has 0 aliphatic heterocycles. The predicted molar refractivity (Wildman–Crippen MR) is 232 cm³/mol. The molecule has 2 nitrogen and oxygen atoms in total. The van der Waals surface area contributed by atoms with E-state index in [1.807, 2.05) is 77.5 Å². The molecule has 1 heterocycles. The van der Waals surface area contributed by atoms with Crippen LogP contribution in [0.25, 0.3) is 0 Å². The number of aromatic nitrogens is 1. The van der Waals surface area contributed by atoms with Crippen LogP contribution in [-0.4, -0.2) is 11.9 Å². The Labute approximate surface area is 423 Å². The van der Waals surface area contributed by atoms with Gasteiger partial charge in [-0.3, -0.25) is 4.79 Å². The van der Waals surface area contributed by atoms with Crippen molar-refractivity contribution in [2.45, 2.75) is 56.0 Å². The fourth-order valence-corrected chi connectivity index (χ4v) is 8.41. The standard InChI is InChI=1S/C32H12BF24.C19H16NO/c34-25(35,36)13-1-14(26(37,38)39)6-21(5-13)33(22-7-15(27(40,41)42)2-16(8-22)28(43,44)45,23-9-17(29(46,47)48)3-18(10-23)30(49,50)51)24-11-19(31(52,53)54)4-20(12-24)32(55,56)57;21-19(17-11-5-2-6-12-17)18-13-7-8-14-20(18)15-16-9-3-1-4-10-16/h1-12H;1-14H,15H2/q-1;+1. The third kappa shape index (κ3) is 13.6. The van der Waals surface area contributed by atoms with Crippen LogP contribution < -0.4 is 26.4 Å². The van der Waals surface area contributed by atoms with Gasteiger partial charge in [-0.2, -0.15) is 132 Å². The van der Waals surface area contributed by atoms with Crippen molar-refractivity contribution in [2.75, 3.05) is 0 Å². The van der Waals surface area contributed by atoms with Crippen LogP contribution in [0.5, 0.6) is 0 Å². The van der Waals surface area contributed by atoms with Gasteiger partial charge in [0.1, 0.15) is 6.15 Å². The third-order valence-corrected chi connectivity index (χ3v) is 11.8. The van der Waals surface area contributed by atoms with E-state index in [0.29, 0.717) is 17.8 Å². The van der Waals surface area contributed by atoms with Crippen LogP contribution in [0.4, 0.5) is 105 Å². The van der Waals surface area contributed by atoms with Gasteiger partial charge in [0, 0.05) is 23.3 Å². The van der Waals surface area contributed by atoms with E-state index in [2.05, 4.69) is 12.1 Å². The van der Waals surface area contributed by atoms with E-state index in [1.165, 1.54) is 5.56 Å². The van der Waals surface area contributed by atoms with Gasteiger partial charge in [-0.25, -0.2) is 0 Å². The Morgan fingerprint density at radius 3 is 0.821 bits per heavy atom. The second kappa shape index (κ2) is 21.1. The number of hydrogen-bond acceptors (Lipinski definition) is 1. The number of alkyl halides is 24. The highest BCUT2D eigenvalue weighted by molar-refractivity contribution is 7.20. The van der Waals surface area contributed by atoms with Crippen molar-refractivity contribution >= 4 is 33.8 Å². The fraction of sp³-hybridized carbons (Fsp3) is 0.176. The molecule has 27 heteroatoms. The van der Waals surface area contributed by atoms with Crippen LogP contribution in [0.1, 0.15) is 66.1 Å². The number of halogens is 24. The summed E-state index contributed by atoms with van der Waals surface area (Å²) in [5.41, 5.74) is -27.6. The van der Waals surface area contributed by atoms with E-state index in [-0.39, 0.29) is 5.78 Å². The SMILES string of the molecule is FC(F)(F)c1cc([B-](c2cc(C(F)(F)F)cc(C(F)(F)F)c2)(c2cc(C(F)(F)F)cc(C(F)(F)F)c2)c2cc(C(F)(F)F)cc(C(F)(F)F)c2)cc(C(F)(F)F)c1.O=C(c1ccccc1)c1cccc[n+]1Cc1ccccc1. The summed E-state index contributed by atoms with van der Waals surface area (Å²) in [6, 6.07) is 16.5. The maximum absolute atomic E-state index is 14.2. The number of hydrogen-bond donors (Lipinski definition) is 0. The van der Waals surface area contributed by atoms with E-state index < -0.39 is 195 Å². The fourth-order valence-electron chi connectivity index (χ4n) is 8.41. The lowest BCUT2D eigenvalue weighted by Gasteiger charge is -2.46. The highest BCUT2D eigenvalue weighted by atomic mass is 19.4. The van der Waals surface area contributed by atoms with Crippen LogP contribution in [0.2, 0.25) is 0 Å². The van der Waals surface area contributed by atoms with E-state index in [0.717, 1.165) is 0 Å². The molecule has 0 saturated heterocycles. The first-order valence-corrected chi connectivity index (χ1v) is 21.6. The Morgan fingerprint density at radius 1 is 0.321 bits per heavy atom. The summed E-state index contributed by atoms with van der Waals surface area (Å²) in [6.45, 7) is 0.690. The van der Waals surface area contributed by atoms with Crippen molar-refractivity contribution < 1.29 is 115 Å². The van der Waals surface area contributed by atoms with Crippen LogP contribution in [0, 0.1) is 0 Å². The summed E-state index contributed by atoms with van der Waals surface area (Å²) in [4.78, 5) is 12.6. The monoisotopic (exact) mass is 1140 g/mol. The van der Waals surface area contributed by atoms with Gasteiger partial charge in [0.05, 0.1) is 44.5 Å².